The van der Waals surface area contributed by atoms with E-state index in [0.29, 0.717) is 0 Å². The standard InChI is InChI=1S/C32H49IO2Si2/c1-10-27(21-22-28(23-25-33)35-36(8,9)31(2,3)4)24-26-34-37(32(5,6)7,29-17-13-11-14-18-29)30-19-15-12-16-20-30/h10-20,23,25,28H,21-22,24,26H2,1-9H3/b25-23-,27-10+/t28-/m0/s1. The Morgan fingerprint density at radius 2 is 1.35 bits per heavy atom. The molecule has 0 unspecified atom stereocenters. The van der Waals surface area contributed by atoms with E-state index in [1.807, 2.05) is 0 Å². The van der Waals surface area contributed by atoms with Crippen molar-refractivity contribution < 1.29 is 8.85 Å². The highest BCUT2D eigenvalue weighted by molar-refractivity contribution is 14.1. The normalized spacial score (nSPS) is 14.8. The summed E-state index contributed by atoms with van der Waals surface area (Å²) in [6, 6.07) is 21.8. The topological polar surface area (TPSA) is 18.5 Å². The highest BCUT2D eigenvalue weighted by atomic mass is 127. The molecule has 0 heterocycles. The Bertz CT molecular complexity index is 963. The average molecular weight is 649 g/mol. The summed E-state index contributed by atoms with van der Waals surface area (Å²) in [7, 11) is -4.32. The summed E-state index contributed by atoms with van der Waals surface area (Å²) in [5.41, 5.74) is 1.45. The van der Waals surface area contributed by atoms with Crippen LogP contribution in [0.5, 0.6) is 0 Å². The Kier molecular flexibility index (Phi) is 12.1. The SMILES string of the molecule is C/C=C(/CCO[Si](c1ccccc1)(c1ccccc1)C(C)(C)C)CC[C@@H](/C=C\I)O[Si](C)(C)C(C)(C)C. The molecule has 5 heteroatoms. The zero-order valence-corrected chi connectivity index (χ0v) is 28.8. The summed E-state index contributed by atoms with van der Waals surface area (Å²) in [6.07, 6.45) is 7.65. The van der Waals surface area contributed by atoms with Gasteiger partial charge in [-0.05, 0) is 63.8 Å². The first-order valence-corrected chi connectivity index (χ1v) is 19.7. The van der Waals surface area contributed by atoms with Crippen molar-refractivity contribution in [2.75, 3.05) is 6.61 Å². The lowest BCUT2D eigenvalue weighted by Crippen LogP contribution is -2.66. The maximum atomic E-state index is 7.14. The molecule has 0 aliphatic rings. The van der Waals surface area contributed by atoms with Gasteiger partial charge < -0.3 is 8.85 Å². The van der Waals surface area contributed by atoms with Crippen LogP contribution in [0.25, 0.3) is 0 Å². The van der Waals surface area contributed by atoms with Gasteiger partial charge in [-0.25, -0.2) is 0 Å². The molecular weight excluding hydrogens is 599 g/mol. The maximum Gasteiger partial charge on any atom is 0.261 e. The van der Waals surface area contributed by atoms with Gasteiger partial charge in [0.1, 0.15) is 0 Å². The number of hydrogen-bond acceptors (Lipinski definition) is 2. The average Bonchev–Trinajstić information content (AvgIpc) is 2.83. The van der Waals surface area contributed by atoms with Crippen molar-refractivity contribution in [2.24, 2.45) is 0 Å². The molecule has 2 aromatic rings. The molecule has 0 fully saturated rings. The lowest BCUT2D eigenvalue weighted by atomic mass is 10.0. The first-order valence-electron chi connectivity index (χ1n) is 13.6. The summed E-state index contributed by atoms with van der Waals surface area (Å²) in [5, 5.41) is 2.88. The Hall–Kier alpha value is -0.996. The summed E-state index contributed by atoms with van der Waals surface area (Å²) in [5.74, 6) is 0. The predicted octanol–water partition coefficient (Wildman–Crippen LogP) is 9.02. The van der Waals surface area contributed by atoms with Crippen molar-refractivity contribution in [3.63, 3.8) is 0 Å². The van der Waals surface area contributed by atoms with E-state index in [1.165, 1.54) is 15.9 Å². The van der Waals surface area contributed by atoms with Gasteiger partial charge >= 0.3 is 0 Å². The van der Waals surface area contributed by atoms with E-state index < -0.39 is 16.6 Å². The lowest BCUT2D eigenvalue weighted by molar-refractivity contribution is 0.214. The van der Waals surface area contributed by atoms with Gasteiger partial charge in [-0.1, -0.05) is 143 Å². The van der Waals surface area contributed by atoms with Gasteiger partial charge in [0.15, 0.2) is 8.32 Å². The number of halogens is 1. The highest BCUT2D eigenvalue weighted by Crippen LogP contribution is 2.39. The fourth-order valence-electron chi connectivity index (χ4n) is 4.67. The minimum Gasteiger partial charge on any atom is -0.411 e. The Labute approximate surface area is 243 Å². The van der Waals surface area contributed by atoms with Gasteiger partial charge in [0.25, 0.3) is 8.32 Å². The van der Waals surface area contributed by atoms with E-state index in [4.69, 9.17) is 8.85 Å². The first-order chi connectivity index (χ1) is 17.3. The first kappa shape index (κ1) is 32.2. The van der Waals surface area contributed by atoms with Gasteiger partial charge in [-0.15, -0.1) is 0 Å². The Balaban J connectivity index is 2.20. The van der Waals surface area contributed by atoms with Crippen LogP contribution in [0.2, 0.25) is 23.2 Å². The van der Waals surface area contributed by atoms with Crippen LogP contribution in [0.4, 0.5) is 0 Å². The molecule has 0 amide bonds. The van der Waals surface area contributed by atoms with Crippen LogP contribution in [-0.2, 0) is 8.85 Å². The number of rotatable bonds is 12. The van der Waals surface area contributed by atoms with Gasteiger partial charge in [-0.2, -0.15) is 0 Å². The second kappa shape index (κ2) is 13.9. The molecule has 37 heavy (non-hydrogen) atoms. The number of benzene rings is 2. The quantitative estimate of drug-likeness (QED) is 0.130. The molecule has 0 N–H and O–H groups in total. The number of hydrogen-bond donors (Lipinski definition) is 0. The second-order valence-electron chi connectivity index (χ2n) is 12.5. The van der Waals surface area contributed by atoms with Crippen LogP contribution < -0.4 is 10.4 Å². The molecule has 0 saturated heterocycles. The molecule has 0 aromatic heterocycles. The van der Waals surface area contributed by atoms with Gasteiger partial charge in [0.05, 0.1) is 6.10 Å². The van der Waals surface area contributed by atoms with Crippen LogP contribution in [0.3, 0.4) is 0 Å². The van der Waals surface area contributed by atoms with Gasteiger partial charge in [0, 0.05) is 6.61 Å². The van der Waals surface area contributed by atoms with Crippen molar-refractivity contribution in [1.29, 1.82) is 0 Å². The van der Waals surface area contributed by atoms with Crippen LogP contribution in [0.15, 0.2) is 82.5 Å². The van der Waals surface area contributed by atoms with E-state index in [2.05, 4.69) is 161 Å². The smallest absolute Gasteiger partial charge is 0.261 e. The molecule has 2 nitrogen and oxygen atoms in total. The molecule has 2 rings (SSSR count). The molecule has 0 aliphatic heterocycles. The largest absolute Gasteiger partial charge is 0.411 e. The van der Waals surface area contributed by atoms with Crippen molar-refractivity contribution in [1.82, 2.24) is 0 Å². The van der Waals surface area contributed by atoms with Crippen molar-refractivity contribution in [3.05, 3.63) is 82.5 Å². The zero-order valence-electron chi connectivity index (χ0n) is 24.6. The summed E-state index contributed by atoms with van der Waals surface area (Å²) >= 11 is 2.32. The monoisotopic (exact) mass is 648 g/mol. The third-order valence-corrected chi connectivity index (χ3v) is 17.8. The van der Waals surface area contributed by atoms with E-state index in [9.17, 15) is 0 Å². The number of allylic oxidation sites excluding steroid dienone is 1. The second-order valence-corrected chi connectivity index (χ2v) is 22.3. The van der Waals surface area contributed by atoms with Crippen molar-refractivity contribution >= 4 is 49.6 Å². The fourth-order valence-corrected chi connectivity index (χ4v) is 11.0. The van der Waals surface area contributed by atoms with Crippen molar-refractivity contribution in [3.8, 4) is 0 Å². The summed E-state index contributed by atoms with van der Waals surface area (Å²) < 4.78 is 16.0. The maximum absolute atomic E-state index is 7.14. The highest BCUT2D eigenvalue weighted by Gasteiger charge is 2.50. The van der Waals surface area contributed by atoms with Crippen LogP contribution in [0, 0.1) is 0 Å². The van der Waals surface area contributed by atoms with Gasteiger partial charge in [0.2, 0.25) is 0 Å². The minimum absolute atomic E-state index is 0.00101. The molecule has 1 atom stereocenters. The zero-order chi connectivity index (χ0) is 27.7. The van der Waals surface area contributed by atoms with E-state index in [0.717, 1.165) is 25.9 Å². The van der Waals surface area contributed by atoms with Gasteiger partial charge in [-0.3, -0.25) is 0 Å². The van der Waals surface area contributed by atoms with Crippen LogP contribution in [-0.4, -0.2) is 29.3 Å². The molecule has 0 bridgehead atoms. The Morgan fingerprint density at radius 3 is 1.76 bits per heavy atom. The molecule has 0 spiro atoms. The third-order valence-electron chi connectivity index (χ3n) is 7.86. The molecule has 0 aliphatic carbocycles. The van der Waals surface area contributed by atoms with Crippen LogP contribution >= 0.6 is 22.6 Å². The molecule has 0 saturated carbocycles. The molecule has 204 valence electrons. The van der Waals surface area contributed by atoms with E-state index >= 15 is 0 Å². The third kappa shape index (κ3) is 8.49. The van der Waals surface area contributed by atoms with E-state index in [1.54, 1.807) is 0 Å². The van der Waals surface area contributed by atoms with Crippen molar-refractivity contribution in [2.45, 2.75) is 97.0 Å². The summed E-state index contributed by atoms with van der Waals surface area (Å²) in [4.78, 5) is 0. The minimum atomic E-state index is -2.50. The lowest BCUT2D eigenvalue weighted by Gasteiger charge is -2.43. The molecule has 2 aromatic carbocycles. The summed E-state index contributed by atoms with van der Waals surface area (Å²) in [6.45, 7) is 21.5. The molecular formula is C32H49IO2Si2. The van der Waals surface area contributed by atoms with E-state index in [-0.39, 0.29) is 16.2 Å². The Morgan fingerprint density at radius 1 is 0.838 bits per heavy atom. The fraction of sp³-hybridized carbons (Fsp3) is 0.500. The predicted molar refractivity (Wildman–Crippen MR) is 176 cm³/mol. The van der Waals surface area contributed by atoms with Crippen LogP contribution in [0.1, 0.15) is 67.7 Å². The molecule has 0 radical (unpaired) electrons.